The molecule has 0 saturated carbocycles. The van der Waals surface area contributed by atoms with Gasteiger partial charge in [-0.15, -0.1) is 5.03 Å². The first-order valence-electron chi connectivity index (χ1n) is 3.89. The third kappa shape index (κ3) is 4.27. The van der Waals surface area contributed by atoms with Gasteiger partial charge < -0.3 is 0 Å². The van der Waals surface area contributed by atoms with E-state index in [0.717, 1.165) is 25.5 Å². The number of hydrogen-bond donors (Lipinski definition) is 0. The molecule has 0 aromatic rings. The van der Waals surface area contributed by atoms with Crippen molar-refractivity contribution in [2.45, 2.75) is 39.3 Å². The first kappa shape index (κ1) is 9.37. The lowest BCUT2D eigenvalue weighted by molar-refractivity contribution is 0.997. The Morgan fingerprint density at radius 2 is 1.80 bits per heavy atom. The van der Waals surface area contributed by atoms with E-state index in [4.69, 9.17) is 5.53 Å². The zero-order valence-corrected chi connectivity index (χ0v) is 6.75. The van der Waals surface area contributed by atoms with Crippen LogP contribution in [0.25, 0.3) is 10.4 Å². The average Bonchev–Trinajstić information content (AvgIpc) is 1.90. The zero-order valence-electron chi connectivity index (χ0n) is 6.75. The molecule has 0 N–H and O–H groups in total. The van der Waals surface area contributed by atoms with Crippen molar-refractivity contribution in [2.75, 3.05) is 0 Å². The third-order valence-corrected chi connectivity index (χ3v) is 1.46. The minimum absolute atomic E-state index is 0.236. The van der Waals surface area contributed by atoms with Crippen molar-refractivity contribution in [3.8, 4) is 0 Å². The fraction of sp³-hybridized carbons (Fsp3) is 1.00. The van der Waals surface area contributed by atoms with E-state index >= 15 is 0 Å². The molecule has 0 atom stereocenters. The van der Waals surface area contributed by atoms with Gasteiger partial charge in [-0.25, -0.2) is 0 Å². The Morgan fingerprint density at radius 1 is 1.30 bits per heavy atom. The standard InChI is InChI=1S/C6H14BN3/c1-3-5-7(6-4-2)9-10-8/h3-6H2,1-2H3. The summed E-state index contributed by atoms with van der Waals surface area (Å²) >= 11 is 0. The van der Waals surface area contributed by atoms with Gasteiger partial charge in [-0.05, 0) is 10.4 Å². The van der Waals surface area contributed by atoms with Crippen LogP contribution >= 0.6 is 0 Å². The van der Waals surface area contributed by atoms with Crippen LogP contribution in [0.4, 0.5) is 0 Å². The van der Waals surface area contributed by atoms with Gasteiger partial charge in [0.1, 0.15) is 0 Å². The highest BCUT2D eigenvalue weighted by molar-refractivity contribution is 6.56. The highest BCUT2D eigenvalue weighted by atomic mass is 15.1. The summed E-state index contributed by atoms with van der Waals surface area (Å²) in [6.45, 7) is 4.45. The summed E-state index contributed by atoms with van der Waals surface area (Å²) in [5, 5.41) is 3.68. The molecule has 0 heterocycles. The van der Waals surface area contributed by atoms with Gasteiger partial charge in [-0.2, -0.15) is 0 Å². The van der Waals surface area contributed by atoms with Crippen molar-refractivity contribution in [2.24, 2.45) is 5.03 Å². The van der Waals surface area contributed by atoms with Gasteiger partial charge in [0, 0.05) is 0 Å². The predicted octanol–water partition coefficient (Wildman–Crippen LogP) is 3.11. The van der Waals surface area contributed by atoms with Gasteiger partial charge in [0.05, 0.1) is 0 Å². The van der Waals surface area contributed by atoms with Gasteiger partial charge in [-0.1, -0.05) is 39.3 Å². The Balaban J connectivity index is 3.60. The zero-order chi connectivity index (χ0) is 7.82. The molecule has 0 rings (SSSR count). The van der Waals surface area contributed by atoms with Gasteiger partial charge in [0.2, 0.25) is 6.85 Å². The summed E-state index contributed by atoms with van der Waals surface area (Å²) in [7, 11) is 0. The first-order chi connectivity index (χ1) is 4.85. The molecule has 56 valence electrons. The first-order valence-corrected chi connectivity index (χ1v) is 3.89. The second kappa shape index (κ2) is 6.49. The third-order valence-electron chi connectivity index (χ3n) is 1.46. The number of rotatable bonds is 5. The fourth-order valence-electron chi connectivity index (χ4n) is 0.999. The van der Waals surface area contributed by atoms with E-state index in [-0.39, 0.29) is 6.85 Å². The van der Waals surface area contributed by atoms with Crippen LogP contribution < -0.4 is 0 Å². The van der Waals surface area contributed by atoms with E-state index in [9.17, 15) is 0 Å². The van der Waals surface area contributed by atoms with Gasteiger partial charge >= 0.3 is 0 Å². The molecular weight excluding hydrogens is 125 g/mol. The molecule has 0 aliphatic carbocycles. The summed E-state index contributed by atoms with van der Waals surface area (Å²) in [4.78, 5) is 2.80. The van der Waals surface area contributed by atoms with E-state index in [1.807, 2.05) is 0 Å². The Bertz CT molecular complexity index is 114. The van der Waals surface area contributed by atoms with Crippen LogP contribution in [0.3, 0.4) is 0 Å². The van der Waals surface area contributed by atoms with Crippen LogP contribution in [0.1, 0.15) is 26.7 Å². The highest BCUT2D eigenvalue weighted by Crippen LogP contribution is 2.06. The quantitative estimate of drug-likeness (QED) is 0.243. The molecule has 0 bridgehead atoms. The lowest BCUT2D eigenvalue weighted by Gasteiger charge is -2.01. The monoisotopic (exact) mass is 139 g/mol. The van der Waals surface area contributed by atoms with Crippen LogP contribution in [-0.2, 0) is 0 Å². The van der Waals surface area contributed by atoms with Crippen molar-refractivity contribution in [3.05, 3.63) is 10.4 Å². The number of nitrogens with zero attached hydrogens (tertiary/aromatic N) is 3. The summed E-state index contributed by atoms with van der Waals surface area (Å²) in [5.41, 5.74) is 8.15. The van der Waals surface area contributed by atoms with Crippen LogP contribution in [0.5, 0.6) is 0 Å². The minimum atomic E-state index is 0.236. The summed E-state index contributed by atoms with van der Waals surface area (Å²) < 4.78 is 0. The van der Waals surface area contributed by atoms with Crippen LogP contribution in [0, 0.1) is 0 Å². The van der Waals surface area contributed by atoms with Crippen LogP contribution in [0.15, 0.2) is 5.03 Å². The molecule has 3 nitrogen and oxygen atoms in total. The van der Waals surface area contributed by atoms with Crippen LogP contribution in [-0.4, -0.2) is 6.85 Å². The molecule has 10 heavy (non-hydrogen) atoms. The van der Waals surface area contributed by atoms with Crippen molar-refractivity contribution >= 4 is 6.85 Å². The number of azide groups is 1. The molecule has 0 fully saturated rings. The van der Waals surface area contributed by atoms with Crippen molar-refractivity contribution in [1.29, 1.82) is 0 Å². The SMILES string of the molecule is CCCB(CCC)N=[N+]=[N-]. The maximum Gasteiger partial charge on any atom is 0.243 e. The topological polar surface area (TPSA) is 48.8 Å². The van der Waals surface area contributed by atoms with Crippen molar-refractivity contribution in [3.63, 3.8) is 0 Å². The molecule has 0 spiro atoms. The number of hydrogen-bond acceptors (Lipinski definition) is 1. The van der Waals surface area contributed by atoms with E-state index in [1.165, 1.54) is 0 Å². The molecule has 0 aromatic heterocycles. The van der Waals surface area contributed by atoms with E-state index in [0.29, 0.717) is 0 Å². The summed E-state index contributed by atoms with van der Waals surface area (Å²) in [5.74, 6) is 0. The second-order valence-corrected chi connectivity index (χ2v) is 2.44. The molecule has 0 aromatic carbocycles. The Morgan fingerprint density at radius 3 is 2.10 bits per heavy atom. The van der Waals surface area contributed by atoms with Crippen LogP contribution in [0.2, 0.25) is 12.6 Å². The Hall–Kier alpha value is -0.625. The van der Waals surface area contributed by atoms with Gasteiger partial charge in [0.15, 0.2) is 0 Å². The second-order valence-electron chi connectivity index (χ2n) is 2.44. The molecule has 0 aliphatic heterocycles. The van der Waals surface area contributed by atoms with Crippen molar-refractivity contribution < 1.29 is 0 Å². The highest BCUT2D eigenvalue weighted by Gasteiger charge is 2.07. The molecule has 0 radical (unpaired) electrons. The summed E-state index contributed by atoms with van der Waals surface area (Å²) in [6, 6.07) is 0. The molecule has 0 unspecified atom stereocenters. The maximum absolute atomic E-state index is 8.15. The van der Waals surface area contributed by atoms with E-state index in [2.05, 4.69) is 23.8 Å². The minimum Gasteiger partial charge on any atom is -0.148 e. The largest absolute Gasteiger partial charge is 0.243 e. The van der Waals surface area contributed by atoms with Gasteiger partial charge in [0.25, 0.3) is 0 Å². The fourth-order valence-corrected chi connectivity index (χ4v) is 0.999. The predicted molar refractivity (Wildman–Crippen MR) is 45.1 cm³/mol. The Kier molecular flexibility index (Phi) is 6.09. The summed E-state index contributed by atoms with van der Waals surface area (Å²) in [6.07, 6.45) is 4.25. The molecule has 0 saturated heterocycles. The molecule has 4 heteroatoms. The molecule has 0 aliphatic rings. The lowest BCUT2D eigenvalue weighted by Crippen LogP contribution is -2.06. The van der Waals surface area contributed by atoms with E-state index in [1.54, 1.807) is 0 Å². The Labute approximate surface area is 62.5 Å². The normalized spacial score (nSPS) is 8.60. The smallest absolute Gasteiger partial charge is 0.148 e. The average molecular weight is 139 g/mol. The van der Waals surface area contributed by atoms with Crippen molar-refractivity contribution in [1.82, 2.24) is 0 Å². The van der Waals surface area contributed by atoms with E-state index < -0.39 is 0 Å². The molecule has 0 amide bonds. The lowest BCUT2D eigenvalue weighted by atomic mass is 9.56. The molecular formula is C6H14BN3. The maximum atomic E-state index is 8.15. The van der Waals surface area contributed by atoms with Gasteiger partial charge in [-0.3, -0.25) is 0 Å².